The van der Waals surface area contributed by atoms with E-state index in [-0.39, 0.29) is 6.54 Å². The third kappa shape index (κ3) is 4.88. The van der Waals surface area contributed by atoms with Gasteiger partial charge in [-0.05, 0) is 48.6 Å². The van der Waals surface area contributed by atoms with Crippen molar-refractivity contribution in [1.82, 2.24) is 9.78 Å². The summed E-state index contributed by atoms with van der Waals surface area (Å²) >= 11 is 17.5. The lowest BCUT2D eigenvalue weighted by atomic mass is 10.2. The second-order valence-corrected chi connectivity index (χ2v) is 6.75. The summed E-state index contributed by atoms with van der Waals surface area (Å²) in [5.41, 5.74) is 1.12. The molecular weight excluding hydrogens is 410 g/mol. The number of ether oxygens (including phenoxy) is 1. The lowest BCUT2D eigenvalue weighted by molar-refractivity contribution is 0.415. The van der Waals surface area contributed by atoms with Crippen LogP contribution in [0.3, 0.4) is 0 Å². The standard InChI is InChI=1S/C18H15Cl2FN4OS/c1-26-12-7-5-11(6-8-12)22-18(27)23-17-15(20)10-25(24-17)9-13-14(19)3-2-4-16(13)21/h2-8,10H,9H2,1H3,(H2,22,23,24,27). The van der Waals surface area contributed by atoms with Crippen LogP contribution in [-0.2, 0) is 6.54 Å². The van der Waals surface area contributed by atoms with Gasteiger partial charge in [0.25, 0.3) is 0 Å². The molecule has 0 aliphatic rings. The smallest absolute Gasteiger partial charge is 0.176 e. The van der Waals surface area contributed by atoms with E-state index >= 15 is 0 Å². The molecule has 27 heavy (non-hydrogen) atoms. The van der Waals surface area contributed by atoms with E-state index in [9.17, 15) is 4.39 Å². The van der Waals surface area contributed by atoms with Crippen LogP contribution in [0.5, 0.6) is 5.75 Å². The highest BCUT2D eigenvalue weighted by atomic mass is 35.5. The number of anilines is 2. The van der Waals surface area contributed by atoms with Crippen LogP contribution in [0.25, 0.3) is 0 Å². The number of hydrogen-bond donors (Lipinski definition) is 2. The summed E-state index contributed by atoms with van der Waals surface area (Å²) in [6.07, 6.45) is 1.57. The van der Waals surface area contributed by atoms with E-state index in [4.69, 9.17) is 40.2 Å². The van der Waals surface area contributed by atoms with Crippen LogP contribution in [0.15, 0.2) is 48.7 Å². The zero-order chi connectivity index (χ0) is 19.4. The number of nitrogens with one attached hydrogen (secondary N) is 2. The maximum absolute atomic E-state index is 13.9. The van der Waals surface area contributed by atoms with E-state index in [0.717, 1.165) is 11.4 Å². The Balaban J connectivity index is 1.68. The van der Waals surface area contributed by atoms with Gasteiger partial charge in [-0.3, -0.25) is 4.68 Å². The first kappa shape index (κ1) is 19.4. The summed E-state index contributed by atoms with van der Waals surface area (Å²) in [7, 11) is 1.60. The van der Waals surface area contributed by atoms with Gasteiger partial charge in [-0.15, -0.1) is 0 Å². The average molecular weight is 425 g/mol. The summed E-state index contributed by atoms with van der Waals surface area (Å²) in [4.78, 5) is 0. The summed E-state index contributed by atoms with van der Waals surface area (Å²) in [6.45, 7) is 0.144. The Hall–Kier alpha value is -2.35. The third-order valence-corrected chi connectivity index (χ3v) is 4.51. The van der Waals surface area contributed by atoms with Crippen molar-refractivity contribution < 1.29 is 9.13 Å². The highest BCUT2D eigenvalue weighted by Gasteiger charge is 2.12. The lowest BCUT2D eigenvalue weighted by Gasteiger charge is -2.09. The number of methoxy groups -OCH3 is 1. The fourth-order valence-electron chi connectivity index (χ4n) is 2.35. The Bertz CT molecular complexity index is 942. The number of aromatic nitrogens is 2. The first-order valence-electron chi connectivity index (χ1n) is 7.84. The number of halogens is 3. The predicted octanol–water partition coefficient (Wildman–Crippen LogP) is 5.19. The van der Waals surface area contributed by atoms with E-state index in [1.807, 2.05) is 24.3 Å². The molecule has 0 spiro atoms. The summed E-state index contributed by atoms with van der Waals surface area (Å²) in [6, 6.07) is 11.8. The van der Waals surface area contributed by atoms with Gasteiger partial charge in [0.2, 0.25) is 0 Å². The minimum absolute atomic E-state index is 0.144. The molecule has 2 aromatic carbocycles. The number of nitrogens with zero attached hydrogens (tertiary/aromatic N) is 2. The van der Waals surface area contributed by atoms with Gasteiger partial charge in [-0.25, -0.2) is 4.39 Å². The van der Waals surface area contributed by atoms with Crippen molar-refractivity contribution in [2.75, 3.05) is 17.7 Å². The fraction of sp³-hybridized carbons (Fsp3) is 0.111. The van der Waals surface area contributed by atoms with Gasteiger partial charge in [-0.1, -0.05) is 29.3 Å². The van der Waals surface area contributed by atoms with Gasteiger partial charge in [-0.2, -0.15) is 5.10 Å². The molecule has 2 N–H and O–H groups in total. The zero-order valence-electron chi connectivity index (χ0n) is 14.2. The molecule has 1 heterocycles. The van der Waals surface area contributed by atoms with E-state index in [1.54, 1.807) is 25.4 Å². The Morgan fingerprint density at radius 2 is 1.89 bits per heavy atom. The van der Waals surface area contributed by atoms with Crippen molar-refractivity contribution in [2.45, 2.75) is 6.54 Å². The molecule has 0 atom stereocenters. The molecule has 0 saturated heterocycles. The third-order valence-electron chi connectivity index (χ3n) is 3.68. The monoisotopic (exact) mass is 424 g/mol. The first-order valence-corrected chi connectivity index (χ1v) is 9.00. The number of thiocarbonyl (C=S) groups is 1. The molecule has 0 unspecified atom stereocenters. The van der Waals surface area contributed by atoms with Crippen molar-refractivity contribution >= 4 is 52.0 Å². The molecule has 0 bridgehead atoms. The quantitative estimate of drug-likeness (QED) is 0.551. The second kappa shape index (κ2) is 8.56. The molecule has 0 amide bonds. The molecule has 0 saturated carbocycles. The normalized spacial score (nSPS) is 10.5. The van der Waals surface area contributed by atoms with Crippen molar-refractivity contribution in [2.24, 2.45) is 0 Å². The minimum atomic E-state index is -0.402. The summed E-state index contributed by atoms with van der Waals surface area (Å²) in [5, 5.41) is 11.2. The lowest BCUT2D eigenvalue weighted by Crippen LogP contribution is -2.19. The van der Waals surface area contributed by atoms with Crippen molar-refractivity contribution in [3.8, 4) is 5.75 Å². The van der Waals surface area contributed by atoms with Crippen LogP contribution in [0.4, 0.5) is 15.9 Å². The van der Waals surface area contributed by atoms with Gasteiger partial charge < -0.3 is 15.4 Å². The fourth-order valence-corrected chi connectivity index (χ4v) is 2.99. The highest BCUT2D eigenvalue weighted by molar-refractivity contribution is 7.80. The Labute approximate surface area is 171 Å². The zero-order valence-corrected chi connectivity index (χ0v) is 16.5. The average Bonchev–Trinajstić information content (AvgIpc) is 2.98. The Morgan fingerprint density at radius 3 is 2.56 bits per heavy atom. The van der Waals surface area contributed by atoms with Crippen molar-refractivity contribution in [3.05, 3.63) is 70.1 Å². The van der Waals surface area contributed by atoms with Gasteiger partial charge >= 0.3 is 0 Å². The van der Waals surface area contributed by atoms with Crippen LogP contribution < -0.4 is 15.4 Å². The number of benzene rings is 2. The largest absolute Gasteiger partial charge is 0.497 e. The topological polar surface area (TPSA) is 51.1 Å². The van der Waals surface area contributed by atoms with Crippen LogP contribution in [0.2, 0.25) is 10.0 Å². The second-order valence-electron chi connectivity index (χ2n) is 5.53. The molecule has 1 aromatic heterocycles. The molecule has 3 aromatic rings. The highest BCUT2D eigenvalue weighted by Crippen LogP contribution is 2.24. The van der Waals surface area contributed by atoms with Gasteiger partial charge in [0.15, 0.2) is 10.9 Å². The van der Waals surface area contributed by atoms with E-state index in [2.05, 4.69) is 15.7 Å². The molecular formula is C18H15Cl2FN4OS. The van der Waals surface area contributed by atoms with Gasteiger partial charge in [0.05, 0.1) is 13.7 Å². The molecule has 0 aliphatic heterocycles. The van der Waals surface area contributed by atoms with Crippen LogP contribution in [0, 0.1) is 5.82 Å². The number of rotatable bonds is 5. The Morgan fingerprint density at radius 1 is 1.15 bits per heavy atom. The molecule has 140 valence electrons. The Kier molecular flexibility index (Phi) is 6.15. The van der Waals surface area contributed by atoms with E-state index < -0.39 is 5.82 Å². The SMILES string of the molecule is COc1ccc(NC(=S)Nc2nn(Cc3c(F)cccc3Cl)cc2Cl)cc1. The molecule has 0 radical (unpaired) electrons. The number of hydrogen-bond acceptors (Lipinski definition) is 3. The molecule has 0 fully saturated rings. The van der Waals surface area contributed by atoms with Crippen molar-refractivity contribution in [1.29, 1.82) is 0 Å². The molecule has 5 nitrogen and oxygen atoms in total. The van der Waals surface area contributed by atoms with E-state index in [0.29, 0.717) is 26.5 Å². The predicted molar refractivity (Wildman–Crippen MR) is 111 cm³/mol. The summed E-state index contributed by atoms with van der Waals surface area (Å²) in [5.74, 6) is 0.698. The summed E-state index contributed by atoms with van der Waals surface area (Å²) < 4.78 is 20.5. The van der Waals surface area contributed by atoms with Crippen LogP contribution in [-0.4, -0.2) is 22.0 Å². The van der Waals surface area contributed by atoms with Crippen molar-refractivity contribution in [3.63, 3.8) is 0 Å². The maximum atomic E-state index is 13.9. The van der Waals surface area contributed by atoms with E-state index in [1.165, 1.54) is 10.7 Å². The maximum Gasteiger partial charge on any atom is 0.176 e. The van der Waals surface area contributed by atoms with Crippen LogP contribution in [0.1, 0.15) is 5.56 Å². The molecule has 3 rings (SSSR count). The van der Waals surface area contributed by atoms with Gasteiger partial charge in [0, 0.05) is 22.5 Å². The molecule has 9 heteroatoms. The first-order chi connectivity index (χ1) is 13.0. The van der Waals surface area contributed by atoms with Gasteiger partial charge in [0.1, 0.15) is 16.6 Å². The minimum Gasteiger partial charge on any atom is -0.497 e. The van der Waals surface area contributed by atoms with Crippen LogP contribution >= 0.6 is 35.4 Å². The molecule has 0 aliphatic carbocycles.